The van der Waals surface area contributed by atoms with Gasteiger partial charge < -0.3 is 9.55 Å². The normalized spacial score (nSPS) is 11.4. The minimum atomic E-state index is 0. The third-order valence-corrected chi connectivity index (χ3v) is 7.29. The monoisotopic (exact) mass is 618 g/mol. The molecule has 3 heterocycles. The average Bonchev–Trinajstić information content (AvgIpc) is 3.40. The van der Waals surface area contributed by atoms with Crippen LogP contribution in [-0.2, 0) is 20.1 Å². The molecule has 0 atom stereocenters. The summed E-state index contributed by atoms with van der Waals surface area (Å²) in [6.07, 6.45) is 1.83. The molecule has 0 bridgehead atoms. The zero-order valence-corrected chi connectivity index (χ0v) is 20.7. The van der Waals surface area contributed by atoms with E-state index >= 15 is 0 Å². The van der Waals surface area contributed by atoms with Gasteiger partial charge in [-0.2, -0.15) is 0 Å². The largest absolute Gasteiger partial charge is 0.326 e. The first-order chi connectivity index (χ1) is 15.9. The first-order valence-electron chi connectivity index (χ1n) is 10.7. The van der Waals surface area contributed by atoms with Crippen LogP contribution in [0.1, 0.15) is 0 Å². The van der Waals surface area contributed by atoms with Crippen LogP contribution in [0.4, 0.5) is 0 Å². The molecule has 0 amide bonds. The SMILES string of the molecule is [Ir].[c-]1ccc(-n2c3ccccc3c3ccc4sc5ccccc5c4c32)cc1-c1ccccn1. The molecule has 0 aliphatic rings. The smallest absolute Gasteiger partial charge is 0.0617 e. The molecule has 0 N–H and O–H groups in total. The number of nitrogens with zero attached hydrogens (tertiary/aromatic N) is 2. The molecule has 7 aromatic rings. The molecule has 7 rings (SSSR count). The average molecular weight is 618 g/mol. The van der Waals surface area contributed by atoms with Crippen LogP contribution in [0.25, 0.3) is 58.9 Å². The van der Waals surface area contributed by atoms with Gasteiger partial charge in [-0.05, 0) is 35.6 Å². The van der Waals surface area contributed by atoms with Crippen molar-refractivity contribution in [1.29, 1.82) is 0 Å². The summed E-state index contributed by atoms with van der Waals surface area (Å²) in [6, 6.07) is 37.7. The number of rotatable bonds is 2. The fourth-order valence-corrected chi connectivity index (χ4v) is 5.91. The second-order valence-corrected chi connectivity index (χ2v) is 9.04. The van der Waals surface area contributed by atoms with Gasteiger partial charge in [0.15, 0.2) is 0 Å². The Hall–Kier alpha value is -3.30. The molecule has 4 heteroatoms. The third kappa shape index (κ3) is 3.07. The van der Waals surface area contributed by atoms with E-state index < -0.39 is 0 Å². The van der Waals surface area contributed by atoms with Crippen LogP contribution in [-0.4, -0.2) is 9.55 Å². The van der Waals surface area contributed by atoms with E-state index in [-0.39, 0.29) is 20.1 Å². The van der Waals surface area contributed by atoms with Crippen LogP contribution in [0.5, 0.6) is 0 Å². The molecule has 4 aromatic carbocycles. The third-order valence-electron chi connectivity index (χ3n) is 6.16. The number of aromatic nitrogens is 2. The van der Waals surface area contributed by atoms with E-state index in [1.807, 2.05) is 41.8 Å². The number of thiophene rings is 1. The van der Waals surface area contributed by atoms with Gasteiger partial charge in [0.1, 0.15) is 0 Å². The Labute approximate surface area is 208 Å². The molecule has 2 nitrogen and oxygen atoms in total. The summed E-state index contributed by atoms with van der Waals surface area (Å²) in [5.41, 5.74) is 5.53. The van der Waals surface area contributed by atoms with Gasteiger partial charge >= 0.3 is 0 Å². The van der Waals surface area contributed by atoms with E-state index in [0.29, 0.717) is 0 Å². The summed E-state index contributed by atoms with van der Waals surface area (Å²) in [5.74, 6) is 0. The number of pyridine rings is 1. The van der Waals surface area contributed by atoms with E-state index in [9.17, 15) is 0 Å². The molecule has 3 aromatic heterocycles. The molecule has 0 unspecified atom stereocenters. The summed E-state index contributed by atoms with van der Waals surface area (Å²) in [5, 5.41) is 5.19. The number of para-hydroxylation sites is 1. The minimum absolute atomic E-state index is 0. The van der Waals surface area contributed by atoms with Crippen molar-refractivity contribution < 1.29 is 20.1 Å². The number of hydrogen-bond donors (Lipinski definition) is 0. The quantitative estimate of drug-likeness (QED) is 0.180. The maximum absolute atomic E-state index is 4.54. The Bertz CT molecular complexity index is 1780. The molecular formula is C29H17IrN2S-. The van der Waals surface area contributed by atoms with Crippen molar-refractivity contribution in [2.45, 2.75) is 0 Å². The van der Waals surface area contributed by atoms with Crippen molar-refractivity contribution in [2.75, 3.05) is 0 Å². The Balaban J connectivity index is 0.00000206. The summed E-state index contributed by atoms with van der Waals surface area (Å²) in [7, 11) is 0. The van der Waals surface area contributed by atoms with E-state index in [2.05, 4.69) is 88.4 Å². The van der Waals surface area contributed by atoms with Crippen molar-refractivity contribution in [2.24, 2.45) is 0 Å². The van der Waals surface area contributed by atoms with Gasteiger partial charge in [0.2, 0.25) is 0 Å². The number of fused-ring (bicyclic) bond motifs is 7. The first-order valence-corrected chi connectivity index (χ1v) is 11.5. The number of hydrogen-bond acceptors (Lipinski definition) is 2. The van der Waals surface area contributed by atoms with Crippen LogP contribution in [0.15, 0.2) is 103 Å². The Kier molecular flexibility index (Phi) is 4.88. The molecule has 0 aliphatic carbocycles. The predicted molar refractivity (Wildman–Crippen MR) is 136 cm³/mol. The summed E-state index contributed by atoms with van der Waals surface area (Å²) in [4.78, 5) is 4.54. The van der Waals surface area contributed by atoms with Crippen LogP contribution < -0.4 is 0 Å². The minimum Gasteiger partial charge on any atom is -0.326 e. The zero-order valence-electron chi connectivity index (χ0n) is 17.5. The van der Waals surface area contributed by atoms with Crippen molar-refractivity contribution in [3.63, 3.8) is 0 Å². The zero-order chi connectivity index (χ0) is 21.1. The first kappa shape index (κ1) is 20.3. The summed E-state index contributed by atoms with van der Waals surface area (Å²) < 4.78 is 5.05. The maximum atomic E-state index is 4.54. The Morgan fingerprint density at radius 1 is 0.727 bits per heavy atom. The summed E-state index contributed by atoms with van der Waals surface area (Å²) >= 11 is 1.86. The molecule has 159 valence electrons. The number of benzene rings is 4. The van der Waals surface area contributed by atoms with E-state index in [1.54, 1.807) is 0 Å². The van der Waals surface area contributed by atoms with E-state index in [1.165, 1.54) is 42.0 Å². The second-order valence-electron chi connectivity index (χ2n) is 7.96. The van der Waals surface area contributed by atoms with Crippen molar-refractivity contribution >= 4 is 53.3 Å². The van der Waals surface area contributed by atoms with Gasteiger partial charge in [0, 0.05) is 57.2 Å². The summed E-state index contributed by atoms with van der Waals surface area (Å²) in [6.45, 7) is 0. The van der Waals surface area contributed by atoms with Gasteiger partial charge in [-0.15, -0.1) is 41.2 Å². The standard InChI is InChI=1S/C29H17N2S.Ir/c1-3-13-25-21(10-1)22-15-16-27-28(23-11-2-4-14-26(23)32-27)29(22)31(25)20-9-7-8-19(18-20)24-12-5-6-17-30-24;/h1-7,9-18H;/q-1;. The van der Waals surface area contributed by atoms with Gasteiger partial charge in [-0.1, -0.05) is 54.6 Å². The van der Waals surface area contributed by atoms with Crippen LogP contribution >= 0.6 is 11.3 Å². The molecule has 0 saturated heterocycles. The van der Waals surface area contributed by atoms with Crippen molar-refractivity contribution in [3.05, 3.63) is 109 Å². The van der Waals surface area contributed by atoms with Gasteiger partial charge in [-0.3, -0.25) is 0 Å². The van der Waals surface area contributed by atoms with Crippen molar-refractivity contribution in [1.82, 2.24) is 9.55 Å². The molecule has 0 saturated carbocycles. The van der Waals surface area contributed by atoms with Gasteiger partial charge in [0.05, 0.1) is 11.0 Å². The van der Waals surface area contributed by atoms with Crippen LogP contribution in [0, 0.1) is 6.07 Å². The molecule has 0 spiro atoms. The van der Waals surface area contributed by atoms with Crippen molar-refractivity contribution in [3.8, 4) is 16.9 Å². The molecule has 1 radical (unpaired) electrons. The van der Waals surface area contributed by atoms with E-state index in [4.69, 9.17) is 0 Å². The Morgan fingerprint density at radius 3 is 2.42 bits per heavy atom. The topological polar surface area (TPSA) is 17.8 Å². The molecular weight excluding hydrogens is 601 g/mol. The molecule has 0 fully saturated rings. The Morgan fingerprint density at radius 2 is 1.55 bits per heavy atom. The molecule has 0 aliphatic heterocycles. The van der Waals surface area contributed by atoms with Crippen LogP contribution in [0.2, 0.25) is 0 Å². The predicted octanol–water partition coefficient (Wildman–Crippen LogP) is 8.01. The van der Waals surface area contributed by atoms with Crippen LogP contribution in [0.3, 0.4) is 0 Å². The molecule has 33 heavy (non-hydrogen) atoms. The van der Waals surface area contributed by atoms with Gasteiger partial charge in [-0.25, -0.2) is 0 Å². The fraction of sp³-hybridized carbons (Fsp3) is 0. The van der Waals surface area contributed by atoms with Gasteiger partial charge in [0.25, 0.3) is 0 Å². The van der Waals surface area contributed by atoms with E-state index in [0.717, 1.165) is 16.9 Å². The maximum Gasteiger partial charge on any atom is 0.0617 e. The second kappa shape index (κ2) is 7.93. The fourth-order valence-electron chi connectivity index (χ4n) is 4.80.